The van der Waals surface area contributed by atoms with E-state index in [0.29, 0.717) is 5.56 Å². The van der Waals surface area contributed by atoms with Crippen LogP contribution in [0, 0.1) is 11.6 Å². The minimum Gasteiger partial charge on any atom is -0.322 e. The third-order valence-corrected chi connectivity index (χ3v) is 6.88. The van der Waals surface area contributed by atoms with Crippen LogP contribution in [0.2, 0.25) is 10.0 Å². The number of fused-ring (bicyclic) bond motifs is 1. The van der Waals surface area contributed by atoms with Gasteiger partial charge in [0.15, 0.2) is 5.82 Å². The molecule has 0 atom stereocenters. The number of hydrogen-bond acceptors (Lipinski definition) is 4. The number of amides is 1. The van der Waals surface area contributed by atoms with Gasteiger partial charge in [0.05, 0.1) is 21.3 Å². The van der Waals surface area contributed by atoms with Gasteiger partial charge in [0.25, 0.3) is 15.9 Å². The van der Waals surface area contributed by atoms with E-state index in [1.54, 1.807) is 6.07 Å². The average Bonchev–Trinajstić information content (AvgIpc) is 3.14. The zero-order valence-electron chi connectivity index (χ0n) is 15.5. The van der Waals surface area contributed by atoms with Gasteiger partial charge in [0, 0.05) is 12.2 Å². The maximum Gasteiger partial charge on any atom is 0.280 e. The van der Waals surface area contributed by atoms with E-state index in [-0.39, 0.29) is 33.5 Å². The molecule has 0 radical (unpaired) electrons. The number of hydrogen-bond donors (Lipinski definition) is 2. The van der Waals surface area contributed by atoms with Crippen LogP contribution >= 0.6 is 23.2 Å². The molecule has 0 spiro atoms. The molecule has 6 nitrogen and oxygen atoms in total. The Kier molecular flexibility index (Phi) is 5.61. The first-order valence-corrected chi connectivity index (χ1v) is 11.0. The van der Waals surface area contributed by atoms with Gasteiger partial charge in [-0.3, -0.25) is 4.79 Å². The van der Waals surface area contributed by atoms with Gasteiger partial charge in [-0.1, -0.05) is 41.4 Å². The van der Waals surface area contributed by atoms with Crippen molar-refractivity contribution < 1.29 is 22.0 Å². The number of benzene rings is 3. The summed E-state index contributed by atoms with van der Waals surface area (Å²) in [5.41, 5.74) is 3.30. The Morgan fingerprint density at radius 2 is 1.74 bits per heavy atom. The molecule has 160 valence electrons. The average molecular weight is 484 g/mol. The molecule has 31 heavy (non-hydrogen) atoms. The molecule has 3 aromatic rings. The summed E-state index contributed by atoms with van der Waals surface area (Å²) < 4.78 is 55.2. The molecule has 1 aliphatic heterocycles. The molecule has 0 fully saturated rings. The van der Waals surface area contributed by atoms with Crippen LogP contribution in [0.4, 0.5) is 20.2 Å². The molecule has 0 saturated carbocycles. The predicted octanol–water partition coefficient (Wildman–Crippen LogP) is 4.74. The van der Waals surface area contributed by atoms with Crippen LogP contribution in [0.3, 0.4) is 0 Å². The standard InChI is InChI=1S/C20H13Cl2F2N3O3S/c21-13-3-1-5-15(23)18(13)20(28)26-12-8-7-11-10-25-27(16(11)9-12)31(29,30)17-6-2-4-14(22)19(17)24/h1-9,25H,10H2,(H,26,28). The van der Waals surface area contributed by atoms with Gasteiger partial charge in [-0.15, -0.1) is 0 Å². The highest BCUT2D eigenvalue weighted by Crippen LogP contribution is 2.34. The van der Waals surface area contributed by atoms with Crippen molar-refractivity contribution in [1.29, 1.82) is 0 Å². The second-order valence-electron chi connectivity index (χ2n) is 6.55. The van der Waals surface area contributed by atoms with E-state index in [1.807, 2.05) is 0 Å². The number of nitrogens with one attached hydrogen (secondary N) is 2. The van der Waals surface area contributed by atoms with E-state index in [9.17, 15) is 22.0 Å². The summed E-state index contributed by atoms with van der Waals surface area (Å²) in [6.45, 7) is 0.157. The molecule has 0 saturated heterocycles. The number of carbonyl (C=O) groups is 1. The lowest BCUT2D eigenvalue weighted by molar-refractivity contribution is 0.102. The number of sulfonamides is 1. The van der Waals surface area contributed by atoms with Gasteiger partial charge in [-0.25, -0.2) is 14.2 Å². The van der Waals surface area contributed by atoms with E-state index in [4.69, 9.17) is 23.2 Å². The topological polar surface area (TPSA) is 78.5 Å². The van der Waals surface area contributed by atoms with Crippen LogP contribution in [0.15, 0.2) is 59.5 Å². The van der Waals surface area contributed by atoms with Crippen molar-refractivity contribution in [3.63, 3.8) is 0 Å². The number of anilines is 2. The number of carbonyl (C=O) groups excluding carboxylic acids is 1. The Balaban J connectivity index is 1.68. The largest absolute Gasteiger partial charge is 0.322 e. The fraction of sp³-hybridized carbons (Fsp3) is 0.0500. The molecule has 0 aromatic heterocycles. The first-order valence-electron chi connectivity index (χ1n) is 8.81. The van der Waals surface area contributed by atoms with Crippen molar-refractivity contribution in [1.82, 2.24) is 5.43 Å². The summed E-state index contributed by atoms with van der Waals surface area (Å²) in [6, 6.07) is 12.0. The highest BCUT2D eigenvalue weighted by atomic mass is 35.5. The highest BCUT2D eigenvalue weighted by Gasteiger charge is 2.34. The second kappa shape index (κ2) is 8.08. The van der Waals surface area contributed by atoms with E-state index in [0.717, 1.165) is 16.5 Å². The van der Waals surface area contributed by atoms with Gasteiger partial charge in [-0.2, -0.15) is 12.8 Å². The van der Waals surface area contributed by atoms with Gasteiger partial charge in [0.1, 0.15) is 10.7 Å². The molecule has 2 N–H and O–H groups in total. The minimum absolute atomic E-state index is 0.0686. The highest BCUT2D eigenvalue weighted by molar-refractivity contribution is 7.92. The van der Waals surface area contributed by atoms with Crippen LogP contribution in [-0.4, -0.2) is 14.3 Å². The van der Waals surface area contributed by atoms with Crippen LogP contribution < -0.4 is 15.2 Å². The Bertz CT molecular complexity index is 1300. The number of halogens is 4. The molecule has 3 aromatic carbocycles. The lowest BCUT2D eigenvalue weighted by Gasteiger charge is -2.20. The summed E-state index contributed by atoms with van der Waals surface area (Å²) in [5, 5.41) is 2.10. The second-order valence-corrected chi connectivity index (χ2v) is 9.12. The van der Waals surface area contributed by atoms with Crippen LogP contribution in [0.25, 0.3) is 0 Å². The van der Waals surface area contributed by atoms with E-state index < -0.39 is 32.5 Å². The summed E-state index contributed by atoms with van der Waals surface area (Å²) >= 11 is 11.6. The molecule has 0 aliphatic carbocycles. The molecule has 0 unspecified atom stereocenters. The molecule has 1 heterocycles. The van der Waals surface area contributed by atoms with Crippen LogP contribution in [0.1, 0.15) is 15.9 Å². The SMILES string of the molecule is O=C(Nc1ccc2c(c1)N(S(=O)(=O)c1cccc(Cl)c1F)NC2)c1c(F)cccc1Cl. The maximum absolute atomic E-state index is 14.4. The van der Waals surface area contributed by atoms with Crippen molar-refractivity contribution in [3.8, 4) is 0 Å². The summed E-state index contributed by atoms with van der Waals surface area (Å²) in [6.07, 6.45) is 0. The third kappa shape index (κ3) is 3.85. The zero-order valence-corrected chi connectivity index (χ0v) is 17.8. The van der Waals surface area contributed by atoms with E-state index in [2.05, 4.69) is 10.7 Å². The number of nitrogens with zero attached hydrogens (tertiary/aromatic N) is 1. The minimum atomic E-state index is -4.35. The fourth-order valence-electron chi connectivity index (χ4n) is 3.13. The molecule has 1 amide bonds. The lowest BCUT2D eigenvalue weighted by Crippen LogP contribution is -2.38. The molecule has 4 rings (SSSR count). The zero-order chi connectivity index (χ0) is 22.3. The molecular weight excluding hydrogens is 471 g/mol. The summed E-state index contributed by atoms with van der Waals surface area (Å²) in [7, 11) is -4.35. The molecule has 0 bridgehead atoms. The fourth-order valence-corrected chi connectivity index (χ4v) is 5.05. The Labute approximate surface area is 186 Å². The summed E-state index contributed by atoms with van der Waals surface area (Å²) in [5.74, 6) is -2.67. The summed E-state index contributed by atoms with van der Waals surface area (Å²) in [4.78, 5) is 11.9. The first kappa shape index (κ1) is 21.5. The Morgan fingerprint density at radius 3 is 2.48 bits per heavy atom. The monoisotopic (exact) mass is 483 g/mol. The number of rotatable bonds is 4. The van der Waals surface area contributed by atoms with E-state index >= 15 is 0 Å². The van der Waals surface area contributed by atoms with Crippen molar-refractivity contribution in [2.75, 3.05) is 9.73 Å². The molecular formula is C20H13Cl2F2N3O3S. The van der Waals surface area contributed by atoms with Crippen LogP contribution in [-0.2, 0) is 16.6 Å². The Morgan fingerprint density at radius 1 is 1.03 bits per heavy atom. The van der Waals surface area contributed by atoms with Gasteiger partial charge in [0.2, 0.25) is 0 Å². The Hall–Kier alpha value is -2.72. The van der Waals surface area contributed by atoms with E-state index in [1.165, 1.54) is 36.4 Å². The maximum atomic E-state index is 14.4. The lowest BCUT2D eigenvalue weighted by atomic mass is 10.1. The van der Waals surface area contributed by atoms with Gasteiger partial charge < -0.3 is 5.32 Å². The predicted molar refractivity (Wildman–Crippen MR) is 114 cm³/mol. The third-order valence-electron chi connectivity index (χ3n) is 4.60. The number of hydrazine groups is 1. The van der Waals surface area contributed by atoms with Gasteiger partial charge >= 0.3 is 0 Å². The van der Waals surface area contributed by atoms with Crippen molar-refractivity contribution in [2.45, 2.75) is 11.4 Å². The first-order chi connectivity index (χ1) is 14.7. The smallest absolute Gasteiger partial charge is 0.280 e. The van der Waals surface area contributed by atoms with Crippen molar-refractivity contribution >= 4 is 50.5 Å². The molecule has 11 heteroatoms. The van der Waals surface area contributed by atoms with Crippen molar-refractivity contribution in [3.05, 3.63) is 87.4 Å². The van der Waals surface area contributed by atoms with Crippen molar-refractivity contribution in [2.24, 2.45) is 0 Å². The quantitative estimate of drug-likeness (QED) is 0.561. The molecule has 1 aliphatic rings. The van der Waals surface area contributed by atoms with Crippen LogP contribution in [0.5, 0.6) is 0 Å². The van der Waals surface area contributed by atoms with Gasteiger partial charge in [-0.05, 0) is 42.0 Å². The normalized spacial score (nSPS) is 13.2.